The largest absolute Gasteiger partial charge is 0.463 e. The van der Waals surface area contributed by atoms with Crippen LogP contribution in [0.2, 0.25) is 0 Å². The Balaban J connectivity index is 1.68. The van der Waals surface area contributed by atoms with Gasteiger partial charge >= 0.3 is 5.97 Å². The van der Waals surface area contributed by atoms with E-state index < -0.39 is 16.8 Å². The Morgan fingerprint density at radius 1 is 1.23 bits per heavy atom. The molecule has 1 N–H and O–H groups in total. The van der Waals surface area contributed by atoms with Crippen LogP contribution in [0.1, 0.15) is 42.1 Å². The molecule has 8 nitrogen and oxygen atoms in total. The third kappa shape index (κ3) is 5.41. The number of nitro benzene ring substituents is 1. The van der Waals surface area contributed by atoms with Crippen molar-refractivity contribution >= 4 is 28.2 Å². The second-order valence-electron chi connectivity index (χ2n) is 8.51. The minimum Gasteiger partial charge on any atom is -0.463 e. The number of rotatable bonds is 9. The molecular formula is C26H28N4O4S. The number of hydrogen-bond acceptors (Lipinski definition) is 8. The number of nitrogens with zero attached hydrogens (tertiary/aromatic N) is 3. The fourth-order valence-corrected chi connectivity index (χ4v) is 5.32. The summed E-state index contributed by atoms with van der Waals surface area (Å²) < 4.78 is 10.1. The maximum atomic E-state index is 13.0. The predicted molar refractivity (Wildman–Crippen MR) is 136 cm³/mol. The Kier molecular flexibility index (Phi) is 7.57. The molecule has 1 aliphatic heterocycles. The molecule has 0 radical (unpaired) electrons. The van der Waals surface area contributed by atoms with E-state index >= 15 is 0 Å². The van der Waals surface area contributed by atoms with Crippen LogP contribution >= 0.6 is 11.5 Å². The fraction of sp³-hybridized carbons (Fsp3) is 0.308. The van der Waals surface area contributed by atoms with Gasteiger partial charge in [-0.25, -0.2) is 4.79 Å². The molecular weight excluding hydrogens is 464 g/mol. The van der Waals surface area contributed by atoms with E-state index in [2.05, 4.69) is 29.4 Å². The number of nitro groups is 1. The Morgan fingerprint density at radius 3 is 2.71 bits per heavy atom. The number of ether oxygens (including phenoxy) is 1. The molecule has 4 rings (SSSR count). The van der Waals surface area contributed by atoms with Crippen LogP contribution in [0.4, 0.5) is 10.7 Å². The number of benzene rings is 2. The van der Waals surface area contributed by atoms with Crippen molar-refractivity contribution in [3.63, 3.8) is 0 Å². The van der Waals surface area contributed by atoms with Gasteiger partial charge in [-0.15, -0.1) is 0 Å². The summed E-state index contributed by atoms with van der Waals surface area (Å²) in [5, 5.41) is 15.7. The molecule has 1 unspecified atom stereocenters. The van der Waals surface area contributed by atoms with Gasteiger partial charge < -0.3 is 15.0 Å². The lowest BCUT2D eigenvalue weighted by Crippen LogP contribution is -2.25. The van der Waals surface area contributed by atoms with Gasteiger partial charge in [0.25, 0.3) is 5.69 Å². The van der Waals surface area contributed by atoms with Crippen LogP contribution in [0, 0.1) is 10.1 Å². The van der Waals surface area contributed by atoms with E-state index in [1.54, 1.807) is 13.0 Å². The standard InChI is InChI=1S/C26H28N4O4S/c1-4-34-26(31)22-17(2)27-25-24(23(22)19-11-8-12-20(15-19)30(32)33)21(28-35-25)13-14-29(3)16-18-9-6-5-7-10-18/h5-12,15,23,27H,4,13-14,16H2,1-3H3. The molecule has 35 heavy (non-hydrogen) atoms. The number of carbonyl (C=O) groups excluding carboxylic acids is 1. The normalized spacial score (nSPS) is 15.0. The second kappa shape index (κ2) is 10.8. The van der Waals surface area contributed by atoms with Gasteiger partial charge in [0.1, 0.15) is 5.00 Å². The van der Waals surface area contributed by atoms with Crippen LogP contribution < -0.4 is 5.32 Å². The van der Waals surface area contributed by atoms with E-state index in [4.69, 9.17) is 9.11 Å². The van der Waals surface area contributed by atoms with Crippen molar-refractivity contribution in [1.29, 1.82) is 0 Å². The number of nitrogens with one attached hydrogen (secondary N) is 1. The molecule has 0 bridgehead atoms. The minimum absolute atomic E-state index is 0.0178. The Hall–Kier alpha value is -3.56. The highest BCUT2D eigenvalue weighted by atomic mass is 32.1. The SMILES string of the molecule is CCOC(=O)C1=C(C)Nc2snc(CCN(C)Cc3ccccc3)c2C1c1cccc([N+](=O)[O-])c1. The van der Waals surface area contributed by atoms with Crippen molar-refractivity contribution in [3.8, 4) is 0 Å². The number of allylic oxidation sites excluding steroid dienone is 1. The van der Waals surface area contributed by atoms with Gasteiger partial charge in [0.05, 0.1) is 22.8 Å². The van der Waals surface area contributed by atoms with Crippen molar-refractivity contribution < 1.29 is 14.5 Å². The van der Waals surface area contributed by atoms with Crippen molar-refractivity contribution in [3.05, 3.63) is 98.4 Å². The number of likely N-dealkylation sites (N-methyl/N-ethyl adjacent to an activating group) is 1. The molecule has 0 fully saturated rings. The van der Waals surface area contributed by atoms with Gasteiger partial charge in [0.15, 0.2) is 0 Å². The fourth-order valence-electron chi connectivity index (χ4n) is 4.40. The van der Waals surface area contributed by atoms with Crippen LogP contribution in [0.5, 0.6) is 0 Å². The summed E-state index contributed by atoms with van der Waals surface area (Å²) >= 11 is 1.35. The number of hydrogen-bond donors (Lipinski definition) is 1. The number of non-ortho nitro benzene ring substituents is 1. The third-order valence-electron chi connectivity index (χ3n) is 6.02. The first-order valence-corrected chi connectivity index (χ1v) is 12.3. The Morgan fingerprint density at radius 2 is 2.00 bits per heavy atom. The summed E-state index contributed by atoms with van der Waals surface area (Å²) in [5.74, 6) is -0.934. The van der Waals surface area contributed by atoms with Gasteiger partial charge in [0, 0.05) is 48.8 Å². The van der Waals surface area contributed by atoms with Crippen LogP contribution in [0.15, 0.2) is 65.9 Å². The lowest BCUT2D eigenvalue weighted by molar-refractivity contribution is -0.384. The van der Waals surface area contributed by atoms with Gasteiger partial charge in [-0.2, -0.15) is 4.37 Å². The van der Waals surface area contributed by atoms with E-state index in [1.165, 1.54) is 29.2 Å². The number of fused-ring (bicyclic) bond motifs is 1. The van der Waals surface area contributed by atoms with E-state index in [-0.39, 0.29) is 12.3 Å². The van der Waals surface area contributed by atoms with E-state index in [0.717, 1.165) is 29.3 Å². The zero-order chi connectivity index (χ0) is 24.9. The number of aromatic nitrogens is 1. The highest BCUT2D eigenvalue weighted by Crippen LogP contribution is 2.46. The lowest BCUT2D eigenvalue weighted by Gasteiger charge is -2.28. The molecule has 0 amide bonds. The van der Waals surface area contributed by atoms with Crippen LogP contribution in [-0.2, 0) is 22.5 Å². The first-order valence-electron chi connectivity index (χ1n) is 11.5. The molecule has 1 aliphatic rings. The Labute approximate surface area is 208 Å². The monoisotopic (exact) mass is 492 g/mol. The molecule has 3 aromatic rings. The van der Waals surface area contributed by atoms with Crippen molar-refractivity contribution in [2.24, 2.45) is 0 Å². The second-order valence-corrected chi connectivity index (χ2v) is 9.29. The smallest absolute Gasteiger partial charge is 0.336 e. The zero-order valence-corrected chi connectivity index (χ0v) is 20.8. The topological polar surface area (TPSA) is 97.6 Å². The van der Waals surface area contributed by atoms with Gasteiger partial charge in [-0.3, -0.25) is 10.1 Å². The van der Waals surface area contributed by atoms with E-state index in [1.807, 2.05) is 31.2 Å². The Bertz CT molecular complexity index is 1260. The van der Waals surface area contributed by atoms with Crippen molar-refractivity contribution in [2.75, 3.05) is 25.5 Å². The average molecular weight is 493 g/mol. The maximum Gasteiger partial charge on any atom is 0.336 e. The van der Waals surface area contributed by atoms with Crippen molar-refractivity contribution in [1.82, 2.24) is 9.27 Å². The molecule has 0 spiro atoms. The van der Waals surface area contributed by atoms with Gasteiger partial charge in [-0.05, 0) is 43.6 Å². The van der Waals surface area contributed by atoms with Crippen LogP contribution in [-0.4, -0.2) is 40.4 Å². The number of carbonyl (C=O) groups is 1. The molecule has 1 atom stereocenters. The molecule has 9 heteroatoms. The summed E-state index contributed by atoms with van der Waals surface area (Å²) in [7, 11) is 2.07. The summed E-state index contributed by atoms with van der Waals surface area (Å²) in [5.41, 5.74) is 4.78. The molecule has 1 aromatic heterocycles. The molecule has 2 heterocycles. The molecule has 2 aromatic carbocycles. The van der Waals surface area contributed by atoms with Gasteiger partial charge in [-0.1, -0.05) is 42.5 Å². The quantitative estimate of drug-likeness (QED) is 0.251. The number of anilines is 1. The highest BCUT2D eigenvalue weighted by Gasteiger charge is 2.37. The van der Waals surface area contributed by atoms with Crippen molar-refractivity contribution in [2.45, 2.75) is 32.7 Å². The third-order valence-corrected chi connectivity index (χ3v) is 6.84. The summed E-state index contributed by atoms with van der Waals surface area (Å²) in [6, 6.07) is 16.7. The predicted octanol–water partition coefficient (Wildman–Crippen LogP) is 5.12. The highest BCUT2D eigenvalue weighted by molar-refractivity contribution is 7.10. The summed E-state index contributed by atoms with van der Waals surface area (Å²) in [4.78, 5) is 26.3. The summed E-state index contributed by atoms with van der Waals surface area (Å²) in [6.45, 7) is 5.41. The molecule has 0 aliphatic carbocycles. The first kappa shape index (κ1) is 24.6. The molecule has 0 saturated carbocycles. The maximum absolute atomic E-state index is 13.0. The lowest BCUT2D eigenvalue weighted by atomic mass is 9.81. The van der Waals surface area contributed by atoms with E-state index in [0.29, 0.717) is 23.3 Å². The van der Waals surface area contributed by atoms with Crippen LogP contribution in [0.25, 0.3) is 0 Å². The minimum atomic E-state index is -0.502. The molecule has 182 valence electrons. The summed E-state index contributed by atoms with van der Waals surface area (Å²) in [6.07, 6.45) is 0.678. The average Bonchev–Trinajstić information content (AvgIpc) is 3.25. The molecule has 0 saturated heterocycles. The van der Waals surface area contributed by atoms with Gasteiger partial charge in [0.2, 0.25) is 0 Å². The van der Waals surface area contributed by atoms with Crippen LogP contribution in [0.3, 0.4) is 0 Å². The zero-order valence-electron chi connectivity index (χ0n) is 20.0. The number of esters is 1. The van der Waals surface area contributed by atoms with E-state index in [9.17, 15) is 14.9 Å². The first-order chi connectivity index (χ1) is 16.9.